The van der Waals surface area contributed by atoms with E-state index in [-0.39, 0.29) is 10.9 Å². The number of hydrogen-bond donors (Lipinski definition) is 0. The van der Waals surface area contributed by atoms with Gasteiger partial charge in [0, 0.05) is 25.5 Å². The molecule has 2 aromatic carbocycles. The minimum absolute atomic E-state index is 0.0383. The fourth-order valence-electron chi connectivity index (χ4n) is 3.25. The Kier molecular flexibility index (Phi) is 5.61. The van der Waals surface area contributed by atoms with Crippen LogP contribution >= 0.6 is 0 Å². The lowest BCUT2D eigenvalue weighted by Gasteiger charge is -2.21. The molecule has 26 heavy (non-hydrogen) atoms. The Bertz CT molecular complexity index is 856. The predicted octanol–water partition coefficient (Wildman–Crippen LogP) is 3.77. The largest absolute Gasteiger partial charge is 0.624 e. The van der Waals surface area contributed by atoms with Crippen LogP contribution in [-0.4, -0.2) is 32.5 Å². The van der Waals surface area contributed by atoms with Crippen LogP contribution in [0.25, 0.3) is 0 Å². The molecule has 6 heteroatoms. The number of hydroxylamine groups is 1. The molecule has 0 atom stereocenters. The van der Waals surface area contributed by atoms with Crippen molar-refractivity contribution >= 4 is 21.9 Å². The van der Waals surface area contributed by atoms with Gasteiger partial charge in [0.1, 0.15) is 0 Å². The van der Waals surface area contributed by atoms with Crippen LogP contribution in [0.4, 0.5) is 5.69 Å². The smallest absolute Gasteiger partial charge is 0.264 e. The number of nitrogens with zero attached hydrogens (tertiary/aromatic N) is 2. The number of sulfonamides is 1. The van der Waals surface area contributed by atoms with Gasteiger partial charge in [0.2, 0.25) is 0 Å². The van der Waals surface area contributed by atoms with Crippen LogP contribution in [0.3, 0.4) is 0 Å². The van der Waals surface area contributed by atoms with Crippen molar-refractivity contribution in [3.8, 4) is 0 Å². The summed E-state index contributed by atoms with van der Waals surface area (Å²) < 4.78 is 27.8. The van der Waals surface area contributed by atoms with E-state index in [0.29, 0.717) is 11.3 Å². The normalized spacial score (nSPS) is 16.4. The summed E-state index contributed by atoms with van der Waals surface area (Å²) in [5, 5.41) is 12.3. The minimum atomic E-state index is -3.63. The monoisotopic (exact) mass is 372 g/mol. The standard InChI is InChI=1S/C20H24N2O3S/c1-21(18-8-4-2-5-9-18)26(24,25)20-14-12-17(13-15-20)16-22(23)19-10-6-3-7-11-19/h2,4-5,8-9,12-16,19H,3,6-7,10-11H2,1H3/b22-16-. The molecule has 3 rings (SSSR count). The third-order valence-electron chi connectivity index (χ3n) is 4.87. The average molecular weight is 372 g/mol. The van der Waals surface area contributed by atoms with Gasteiger partial charge in [-0.15, -0.1) is 0 Å². The average Bonchev–Trinajstić information content (AvgIpc) is 2.69. The van der Waals surface area contributed by atoms with Gasteiger partial charge in [-0.1, -0.05) is 24.6 Å². The molecule has 0 aromatic heterocycles. The van der Waals surface area contributed by atoms with Crippen molar-refractivity contribution < 1.29 is 13.2 Å². The number of rotatable bonds is 5. The molecule has 0 heterocycles. The summed E-state index contributed by atoms with van der Waals surface area (Å²) in [7, 11) is -2.10. The van der Waals surface area contributed by atoms with E-state index in [1.165, 1.54) is 17.8 Å². The first kappa shape index (κ1) is 18.5. The number of para-hydroxylation sites is 1. The Morgan fingerprint density at radius 1 is 1.00 bits per heavy atom. The van der Waals surface area contributed by atoms with Gasteiger partial charge in [-0.25, -0.2) is 13.2 Å². The lowest BCUT2D eigenvalue weighted by molar-refractivity contribution is -0.500. The van der Waals surface area contributed by atoms with Crippen molar-refractivity contribution in [3.63, 3.8) is 0 Å². The molecule has 0 saturated heterocycles. The molecular weight excluding hydrogens is 348 g/mol. The summed E-state index contributed by atoms with van der Waals surface area (Å²) in [4.78, 5) is 0.205. The molecule has 1 aliphatic carbocycles. The summed E-state index contributed by atoms with van der Waals surface area (Å²) in [6.45, 7) is 0. The van der Waals surface area contributed by atoms with Gasteiger partial charge in [0.15, 0.2) is 12.3 Å². The van der Waals surface area contributed by atoms with Gasteiger partial charge < -0.3 is 5.21 Å². The predicted molar refractivity (Wildman–Crippen MR) is 104 cm³/mol. The maximum absolute atomic E-state index is 12.8. The first-order valence-electron chi connectivity index (χ1n) is 8.93. The van der Waals surface area contributed by atoms with Gasteiger partial charge in [-0.05, 0) is 49.2 Å². The second-order valence-corrected chi connectivity index (χ2v) is 8.63. The molecule has 0 aliphatic heterocycles. The zero-order valence-electron chi connectivity index (χ0n) is 14.9. The Hall–Kier alpha value is -2.34. The number of hydrogen-bond acceptors (Lipinski definition) is 3. The van der Waals surface area contributed by atoms with Gasteiger partial charge in [-0.3, -0.25) is 4.31 Å². The van der Waals surface area contributed by atoms with E-state index in [1.54, 1.807) is 54.7 Å². The molecule has 0 bridgehead atoms. The summed E-state index contributed by atoms with van der Waals surface area (Å²) in [5.41, 5.74) is 1.32. The van der Waals surface area contributed by atoms with E-state index in [0.717, 1.165) is 30.4 Å². The van der Waals surface area contributed by atoms with Crippen LogP contribution in [0.1, 0.15) is 37.7 Å². The lowest BCUT2D eigenvalue weighted by Crippen LogP contribution is -2.26. The van der Waals surface area contributed by atoms with Crippen molar-refractivity contribution in [1.82, 2.24) is 0 Å². The van der Waals surface area contributed by atoms with Gasteiger partial charge in [-0.2, -0.15) is 0 Å². The van der Waals surface area contributed by atoms with E-state index >= 15 is 0 Å². The molecule has 0 spiro atoms. The van der Waals surface area contributed by atoms with Crippen molar-refractivity contribution in [1.29, 1.82) is 0 Å². The highest BCUT2D eigenvalue weighted by Crippen LogP contribution is 2.22. The van der Waals surface area contributed by atoms with E-state index in [9.17, 15) is 13.6 Å². The van der Waals surface area contributed by atoms with Crippen LogP contribution in [0.2, 0.25) is 0 Å². The van der Waals surface area contributed by atoms with E-state index in [2.05, 4.69) is 0 Å². The highest BCUT2D eigenvalue weighted by molar-refractivity contribution is 7.92. The zero-order chi connectivity index (χ0) is 18.6. The maximum Gasteiger partial charge on any atom is 0.264 e. The molecule has 0 radical (unpaired) electrons. The molecule has 0 unspecified atom stereocenters. The van der Waals surface area contributed by atoms with E-state index in [4.69, 9.17) is 0 Å². The summed E-state index contributed by atoms with van der Waals surface area (Å²) in [6, 6.07) is 15.4. The highest BCUT2D eigenvalue weighted by atomic mass is 32.2. The quantitative estimate of drug-likeness (QED) is 0.347. The molecule has 1 saturated carbocycles. The summed E-state index contributed by atoms with van der Waals surface area (Å²) in [5.74, 6) is 0. The molecule has 0 amide bonds. The van der Waals surface area contributed by atoms with Gasteiger partial charge in [0.25, 0.3) is 10.0 Å². The lowest BCUT2D eigenvalue weighted by atomic mass is 9.96. The Balaban J connectivity index is 1.78. The first-order chi connectivity index (χ1) is 12.5. The highest BCUT2D eigenvalue weighted by Gasteiger charge is 2.22. The molecule has 1 fully saturated rings. The first-order valence-corrected chi connectivity index (χ1v) is 10.4. The van der Waals surface area contributed by atoms with E-state index < -0.39 is 10.0 Å². The Morgan fingerprint density at radius 2 is 1.62 bits per heavy atom. The van der Waals surface area contributed by atoms with Crippen LogP contribution in [0.15, 0.2) is 59.5 Å². The second kappa shape index (κ2) is 7.91. The van der Waals surface area contributed by atoms with Crippen LogP contribution in [0, 0.1) is 5.21 Å². The third kappa shape index (κ3) is 4.07. The Morgan fingerprint density at radius 3 is 2.23 bits per heavy atom. The van der Waals surface area contributed by atoms with Crippen molar-refractivity contribution in [2.24, 2.45) is 0 Å². The molecule has 0 N–H and O–H groups in total. The van der Waals surface area contributed by atoms with Gasteiger partial charge in [0.05, 0.1) is 10.6 Å². The zero-order valence-corrected chi connectivity index (χ0v) is 15.7. The minimum Gasteiger partial charge on any atom is -0.624 e. The fourth-order valence-corrected chi connectivity index (χ4v) is 4.44. The number of anilines is 1. The SMILES string of the molecule is CN(c1ccccc1)S(=O)(=O)c1ccc(/C=[N+](\[O-])C2CCCCC2)cc1. The second-order valence-electron chi connectivity index (χ2n) is 6.66. The van der Waals surface area contributed by atoms with Crippen LogP contribution < -0.4 is 4.31 Å². The van der Waals surface area contributed by atoms with Crippen LogP contribution in [-0.2, 0) is 10.0 Å². The Labute approximate surface area is 155 Å². The van der Waals surface area contributed by atoms with Crippen LogP contribution in [0.5, 0.6) is 0 Å². The molecule has 5 nitrogen and oxygen atoms in total. The topological polar surface area (TPSA) is 63.5 Å². The van der Waals surface area contributed by atoms with E-state index in [1.807, 2.05) is 6.07 Å². The summed E-state index contributed by atoms with van der Waals surface area (Å²) >= 11 is 0. The third-order valence-corrected chi connectivity index (χ3v) is 6.67. The number of benzene rings is 2. The van der Waals surface area contributed by atoms with Crippen molar-refractivity contribution in [2.45, 2.75) is 43.0 Å². The molecule has 1 aliphatic rings. The van der Waals surface area contributed by atoms with Crippen molar-refractivity contribution in [3.05, 3.63) is 65.4 Å². The molecule has 138 valence electrons. The maximum atomic E-state index is 12.8. The summed E-state index contributed by atoms with van der Waals surface area (Å²) in [6.07, 6.45) is 6.81. The molecule has 2 aromatic rings. The van der Waals surface area contributed by atoms with Gasteiger partial charge >= 0.3 is 0 Å². The van der Waals surface area contributed by atoms with Crippen molar-refractivity contribution in [2.75, 3.05) is 11.4 Å². The molecular formula is C20H24N2O3S. The fraction of sp³-hybridized carbons (Fsp3) is 0.350.